The average molecular weight is 350 g/mol. The van der Waals surface area contributed by atoms with Crippen molar-refractivity contribution >= 4 is 33.2 Å². The van der Waals surface area contributed by atoms with Crippen LogP contribution in [0.3, 0.4) is 0 Å². The van der Waals surface area contributed by atoms with Gasteiger partial charge in [0.15, 0.2) is 0 Å². The summed E-state index contributed by atoms with van der Waals surface area (Å²) in [4.78, 5) is -0.162. The van der Waals surface area contributed by atoms with E-state index in [0.717, 1.165) is 0 Å². The number of aliphatic hydroxyl groups excluding tert-OH is 1. The Balaban J connectivity index is 2.29. The van der Waals surface area contributed by atoms with E-state index in [2.05, 4.69) is 9.82 Å². The standard InChI is InChI=1S/C12H13Cl2N3O3S/c1-17-6-8(4-15-17)5-16-21(19,20)11-3-10(13)2-9(7-18)12(11)14/h2-4,6,16,18H,5,7H2,1H3. The summed E-state index contributed by atoms with van der Waals surface area (Å²) in [6, 6.07) is 2.67. The Morgan fingerprint density at radius 1 is 1.38 bits per heavy atom. The fraction of sp³-hybridized carbons (Fsp3) is 0.250. The van der Waals surface area contributed by atoms with Crippen molar-refractivity contribution in [3.63, 3.8) is 0 Å². The molecule has 0 saturated carbocycles. The molecule has 114 valence electrons. The lowest BCUT2D eigenvalue weighted by molar-refractivity contribution is 0.281. The molecular weight excluding hydrogens is 337 g/mol. The Hall–Kier alpha value is -1.12. The molecule has 0 fully saturated rings. The maximum Gasteiger partial charge on any atom is 0.242 e. The lowest BCUT2D eigenvalue weighted by Gasteiger charge is -2.11. The Morgan fingerprint density at radius 2 is 2.10 bits per heavy atom. The molecular formula is C12H13Cl2N3O3S. The van der Waals surface area contributed by atoms with Crippen LogP contribution in [0.1, 0.15) is 11.1 Å². The van der Waals surface area contributed by atoms with Crippen molar-refractivity contribution in [3.8, 4) is 0 Å². The van der Waals surface area contributed by atoms with Gasteiger partial charge in [-0.15, -0.1) is 0 Å². The van der Waals surface area contributed by atoms with Gasteiger partial charge >= 0.3 is 0 Å². The van der Waals surface area contributed by atoms with Crippen molar-refractivity contribution in [2.45, 2.75) is 18.0 Å². The normalized spacial score (nSPS) is 11.8. The summed E-state index contributed by atoms with van der Waals surface area (Å²) in [6.45, 7) is -0.321. The third kappa shape index (κ3) is 3.75. The van der Waals surface area contributed by atoms with Gasteiger partial charge in [0, 0.05) is 30.4 Å². The first-order chi connectivity index (χ1) is 9.83. The smallest absolute Gasteiger partial charge is 0.242 e. The third-order valence-corrected chi connectivity index (χ3v) is 4.97. The molecule has 0 unspecified atom stereocenters. The largest absolute Gasteiger partial charge is 0.392 e. The van der Waals surface area contributed by atoms with E-state index in [1.165, 1.54) is 12.1 Å². The molecule has 2 aromatic rings. The Kier molecular flexibility index (Phi) is 4.90. The summed E-state index contributed by atoms with van der Waals surface area (Å²) >= 11 is 11.8. The molecule has 1 heterocycles. The molecule has 2 N–H and O–H groups in total. The molecule has 0 spiro atoms. The summed E-state index contributed by atoms with van der Waals surface area (Å²) in [5, 5.41) is 13.3. The first kappa shape index (κ1) is 16.3. The maximum absolute atomic E-state index is 12.3. The van der Waals surface area contributed by atoms with Crippen LogP contribution in [-0.4, -0.2) is 23.3 Å². The van der Waals surface area contributed by atoms with Crippen molar-refractivity contribution in [3.05, 3.63) is 45.7 Å². The van der Waals surface area contributed by atoms with E-state index in [-0.39, 0.29) is 27.0 Å². The number of nitrogens with one attached hydrogen (secondary N) is 1. The third-order valence-electron chi connectivity index (χ3n) is 2.76. The van der Waals surface area contributed by atoms with E-state index in [4.69, 9.17) is 23.2 Å². The molecule has 0 bridgehead atoms. The van der Waals surface area contributed by atoms with E-state index < -0.39 is 16.6 Å². The topological polar surface area (TPSA) is 84.2 Å². The summed E-state index contributed by atoms with van der Waals surface area (Å²) in [5.41, 5.74) is 0.965. The predicted molar refractivity (Wildman–Crippen MR) is 79.6 cm³/mol. The minimum absolute atomic E-state index is 0.0411. The predicted octanol–water partition coefficient (Wildman–Crippen LogP) is 1.70. The van der Waals surface area contributed by atoms with Gasteiger partial charge in [-0.05, 0) is 17.7 Å². The number of halogens is 2. The van der Waals surface area contributed by atoms with Crippen LogP contribution in [0.25, 0.3) is 0 Å². The summed E-state index contributed by atoms with van der Waals surface area (Å²) in [7, 11) is -2.11. The van der Waals surface area contributed by atoms with Crippen LogP contribution < -0.4 is 4.72 Å². The average Bonchev–Trinajstić information content (AvgIpc) is 2.84. The SMILES string of the molecule is Cn1cc(CNS(=O)(=O)c2cc(Cl)cc(CO)c2Cl)cn1. The van der Waals surface area contributed by atoms with Gasteiger partial charge in [0.1, 0.15) is 4.90 Å². The number of nitrogens with zero attached hydrogens (tertiary/aromatic N) is 2. The zero-order valence-corrected chi connectivity index (χ0v) is 13.4. The first-order valence-corrected chi connectivity index (χ1v) is 8.13. The van der Waals surface area contributed by atoms with Crippen LogP contribution in [0.15, 0.2) is 29.4 Å². The molecule has 0 aliphatic heterocycles. The second kappa shape index (κ2) is 6.33. The highest BCUT2D eigenvalue weighted by Crippen LogP contribution is 2.29. The van der Waals surface area contributed by atoms with Gasteiger partial charge in [-0.3, -0.25) is 4.68 Å². The minimum Gasteiger partial charge on any atom is -0.392 e. The molecule has 21 heavy (non-hydrogen) atoms. The molecule has 9 heteroatoms. The zero-order chi connectivity index (χ0) is 15.6. The molecule has 0 saturated heterocycles. The molecule has 0 aliphatic carbocycles. The molecule has 0 radical (unpaired) electrons. The van der Waals surface area contributed by atoms with Crippen molar-refractivity contribution in [2.75, 3.05) is 0 Å². The summed E-state index contributed by atoms with van der Waals surface area (Å²) < 4.78 is 28.6. The number of rotatable bonds is 5. The number of hydrogen-bond donors (Lipinski definition) is 2. The maximum atomic E-state index is 12.3. The van der Waals surface area contributed by atoms with Crippen LogP contribution >= 0.6 is 23.2 Å². The van der Waals surface area contributed by atoms with Gasteiger partial charge in [0.05, 0.1) is 17.8 Å². The van der Waals surface area contributed by atoms with Crippen LogP contribution in [0.4, 0.5) is 0 Å². The van der Waals surface area contributed by atoms with Gasteiger partial charge in [-0.2, -0.15) is 5.10 Å². The number of benzene rings is 1. The van der Waals surface area contributed by atoms with E-state index >= 15 is 0 Å². The second-order valence-electron chi connectivity index (χ2n) is 4.38. The number of aryl methyl sites for hydroxylation is 1. The van der Waals surface area contributed by atoms with E-state index in [9.17, 15) is 13.5 Å². The Bertz CT molecular complexity index is 759. The van der Waals surface area contributed by atoms with Gasteiger partial charge in [0.25, 0.3) is 0 Å². The van der Waals surface area contributed by atoms with Crippen LogP contribution in [0.2, 0.25) is 10.0 Å². The van der Waals surface area contributed by atoms with Gasteiger partial charge in [0.2, 0.25) is 10.0 Å². The molecule has 1 aromatic heterocycles. The van der Waals surface area contributed by atoms with Crippen molar-refractivity contribution in [1.82, 2.24) is 14.5 Å². The number of hydrogen-bond acceptors (Lipinski definition) is 4. The fourth-order valence-electron chi connectivity index (χ4n) is 1.75. The van der Waals surface area contributed by atoms with E-state index in [0.29, 0.717) is 5.56 Å². The molecule has 0 amide bonds. The van der Waals surface area contributed by atoms with Crippen LogP contribution in [0, 0.1) is 0 Å². The highest BCUT2D eigenvalue weighted by atomic mass is 35.5. The highest BCUT2D eigenvalue weighted by molar-refractivity contribution is 7.89. The van der Waals surface area contributed by atoms with Gasteiger partial charge < -0.3 is 5.11 Å². The fourth-order valence-corrected chi connectivity index (χ4v) is 3.69. The molecule has 2 rings (SSSR count). The zero-order valence-electron chi connectivity index (χ0n) is 11.0. The molecule has 0 atom stereocenters. The summed E-state index contributed by atoms with van der Waals surface area (Å²) in [6.07, 6.45) is 3.25. The number of sulfonamides is 1. The van der Waals surface area contributed by atoms with Gasteiger partial charge in [-0.25, -0.2) is 13.1 Å². The highest BCUT2D eigenvalue weighted by Gasteiger charge is 2.21. The quantitative estimate of drug-likeness (QED) is 0.860. The minimum atomic E-state index is -3.85. The molecule has 1 aromatic carbocycles. The Labute approximate surface area is 132 Å². The van der Waals surface area contributed by atoms with E-state index in [1.54, 1.807) is 24.1 Å². The first-order valence-electron chi connectivity index (χ1n) is 5.89. The molecule has 0 aliphatic rings. The van der Waals surface area contributed by atoms with Crippen LogP contribution in [0.5, 0.6) is 0 Å². The number of aliphatic hydroxyl groups is 1. The lowest BCUT2D eigenvalue weighted by Crippen LogP contribution is -2.23. The van der Waals surface area contributed by atoms with Crippen molar-refractivity contribution in [1.29, 1.82) is 0 Å². The molecule has 6 nitrogen and oxygen atoms in total. The lowest BCUT2D eigenvalue weighted by atomic mass is 10.2. The Morgan fingerprint density at radius 3 is 2.67 bits per heavy atom. The summed E-state index contributed by atoms with van der Waals surface area (Å²) in [5.74, 6) is 0. The van der Waals surface area contributed by atoms with Crippen molar-refractivity contribution < 1.29 is 13.5 Å². The van der Waals surface area contributed by atoms with Crippen LogP contribution in [-0.2, 0) is 30.2 Å². The second-order valence-corrected chi connectivity index (χ2v) is 6.93. The number of aromatic nitrogens is 2. The van der Waals surface area contributed by atoms with Gasteiger partial charge in [-0.1, -0.05) is 23.2 Å². The van der Waals surface area contributed by atoms with E-state index in [1.807, 2.05) is 0 Å². The monoisotopic (exact) mass is 349 g/mol. The van der Waals surface area contributed by atoms with Crippen molar-refractivity contribution in [2.24, 2.45) is 7.05 Å².